The fraction of sp³-hybridized carbons (Fsp3) is 0.167. The van der Waals surface area contributed by atoms with Crippen LogP contribution in [0.3, 0.4) is 0 Å². The minimum Gasteiger partial charge on any atom is -0.326 e. The van der Waals surface area contributed by atoms with E-state index in [2.05, 4.69) is 10.6 Å². The van der Waals surface area contributed by atoms with E-state index in [1.807, 2.05) is 6.92 Å². The Morgan fingerprint density at radius 1 is 0.848 bits per heavy atom. The van der Waals surface area contributed by atoms with Crippen LogP contribution in [0.1, 0.15) is 18.1 Å². The Kier molecular flexibility index (Phi) is 7.86. The van der Waals surface area contributed by atoms with E-state index in [4.69, 9.17) is 11.6 Å². The maximum atomic E-state index is 13.3. The van der Waals surface area contributed by atoms with Crippen molar-refractivity contribution in [1.82, 2.24) is 4.31 Å². The predicted molar refractivity (Wildman–Crippen MR) is 130 cm³/mol. The second-order valence-corrected chi connectivity index (χ2v) is 9.89. The molecular weight excluding hydrogens is 462 g/mol. The van der Waals surface area contributed by atoms with Gasteiger partial charge in [-0.2, -0.15) is 4.31 Å². The first-order chi connectivity index (χ1) is 15.6. The van der Waals surface area contributed by atoms with Gasteiger partial charge in [-0.05, 0) is 61.0 Å². The second kappa shape index (κ2) is 10.6. The van der Waals surface area contributed by atoms with Gasteiger partial charge in [0.15, 0.2) is 0 Å². The van der Waals surface area contributed by atoms with Crippen molar-refractivity contribution in [1.29, 1.82) is 0 Å². The molecule has 3 rings (SSSR count). The summed E-state index contributed by atoms with van der Waals surface area (Å²) in [6.07, 6.45) is 0. The van der Waals surface area contributed by atoms with Gasteiger partial charge in [-0.15, -0.1) is 0 Å². The number of anilines is 2. The molecule has 0 saturated carbocycles. The lowest BCUT2D eigenvalue weighted by molar-refractivity contribution is -0.116. The van der Waals surface area contributed by atoms with Crippen LogP contribution in [0, 0.1) is 6.92 Å². The third-order valence-electron chi connectivity index (χ3n) is 4.74. The average Bonchev–Trinajstić information content (AvgIpc) is 2.76. The fourth-order valence-electron chi connectivity index (χ4n) is 3.08. The first-order valence-corrected chi connectivity index (χ1v) is 11.9. The topological polar surface area (TPSA) is 95.6 Å². The van der Waals surface area contributed by atoms with Gasteiger partial charge in [0.25, 0.3) is 0 Å². The molecular formula is C24H24ClN3O4S. The zero-order valence-corrected chi connectivity index (χ0v) is 19.8. The molecule has 7 nitrogen and oxygen atoms in total. The molecule has 2 amide bonds. The van der Waals surface area contributed by atoms with Gasteiger partial charge in [0, 0.05) is 29.9 Å². The number of hydrogen-bond acceptors (Lipinski definition) is 4. The number of rotatable bonds is 8. The van der Waals surface area contributed by atoms with E-state index < -0.39 is 15.9 Å². The van der Waals surface area contributed by atoms with Crippen molar-refractivity contribution in [3.63, 3.8) is 0 Å². The van der Waals surface area contributed by atoms with Gasteiger partial charge < -0.3 is 10.6 Å². The predicted octanol–water partition coefficient (Wildman–Crippen LogP) is 4.44. The summed E-state index contributed by atoms with van der Waals surface area (Å²) in [5.74, 6) is -0.696. The Hall–Kier alpha value is -3.20. The van der Waals surface area contributed by atoms with Crippen molar-refractivity contribution in [3.05, 3.63) is 88.9 Å². The number of aryl methyl sites for hydroxylation is 1. The molecule has 0 aliphatic carbocycles. The minimum atomic E-state index is -3.94. The molecule has 0 spiro atoms. The highest BCUT2D eigenvalue weighted by Crippen LogP contribution is 2.21. The first-order valence-electron chi connectivity index (χ1n) is 10.1. The van der Waals surface area contributed by atoms with Gasteiger partial charge >= 0.3 is 0 Å². The van der Waals surface area contributed by atoms with E-state index >= 15 is 0 Å². The first kappa shape index (κ1) is 24.4. The summed E-state index contributed by atoms with van der Waals surface area (Å²) in [5, 5.41) is 5.88. The molecule has 9 heteroatoms. The molecule has 0 aromatic heterocycles. The van der Waals surface area contributed by atoms with Crippen LogP contribution in [0.4, 0.5) is 11.4 Å². The third kappa shape index (κ3) is 6.89. The van der Waals surface area contributed by atoms with Crippen LogP contribution in [0.5, 0.6) is 0 Å². The number of benzene rings is 3. The molecule has 0 fully saturated rings. The Morgan fingerprint density at radius 2 is 1.39 bits per heavy atom. The largest absolute Gasteiger partial charge is 0.326 e. The molecule has 172 valence electrons. The lowest BCUT2D eigenvalue weighted by atomic mass is 10.2. The van der Waals surface area contributed by atoms with Crippen molar-refractivity contribution in [3.8, 4) is 0 Å². The van der Waals surface area contributed by atoms with Crippen LogP contribution in [-0.2, 0) is 26.2 Å². The van der Waals surface area contributed by atoms with E-state index in [-0.39, 0.29) is 23.9 Å². The number of sulfonamides is 1. The number of carbonyl (C=O) groups excluding carboxylic acids is 2. The number of hydrogen-bond donors (Lipinski definition) is 2. The molecule has 0 aliphatic rings. The standard InChI is InChI=1S/C24H24ClN3O4S/c1-17-3-13-23(14-4-17)33(31,32)28(15-19-5-7-20(25)8-6-19)16-24(30)27-22-11-9-21(10-12-22)26-18(2)29/h3-14H,15-16H2,1-2H3,(H,26,29)(H,27,30). The maximum Gasteiger partial charge on any atom is 0.243 e. The minimum absolute atomic E-state index is 0.00225. The molecule has 0 unspecified atom stereocenters. The summed E-state index contributed by atoms with van der Waals surface area (Å²) in [7, 11) is -3.94. The highest BCUT2D eigenvalue weighted by atomic mass is 35.5. The van der Waals surface area contributed by atoms with Gasteiger partial charge in [0.05, 0.1) is 11.4 Å². The zero-order valence-electron chi connectivity index (χ0n) is 18.2. The van der Waals surface area contributed by atoms with Crippen LogP contribution in [0.15, 0.2) is 77.7 Å². The lowest BCUT2D eigenvalue weighted by Crippen LogP contribution is -2.37. The molecule has 0 bridgehead atoms. The molecule has 0 atom stereocenters. The van der Waals surface area contributed by atoms with Gasteiger partial charge in [-0.3, -0.25) is 9.59 Å². The highest BCUT2D eigenvalue weighted by molar-refractivity contribution is 7.89. The quantitative estimate of drug-likeness (QED) is 0.493. The molecule has 2 N–H and O–H groups in total. The molecule has 3 aromatic carbocycles. The molecule has 0 heterocycles. The van der Waals surface area contributed by atoms with Crippen LogP contribution >= 0.6 is 11.6 Å². The van der Waals surface area contributed by atoms with Gasteiger partial charge in [-0.1, -0.05) is 41.4 Å². The summed E-state index contributed by atoms with van der Waals surface area (Å²) < 4.78 is 27.8. The number of halogens is 1. The van der Waals surface area contributed by atoms with E-state index in [0.29, 0.717) is 22.0 Å². The normalized spacial score (nSPS) is 11.3. The van der Waals surface area contributed by atoms with Crippen LogP contribution in [0.25, 0.3) is 0 Å². The Morgan fingerprint density at radius 3 is 1.94 bits per heavy atom. The third-order valence-corrected chi connectivity index (χ3v) is 6.80. The summed E-state index contributed by atoms with van der Waals surface area (Å²) in [6.45, 7) is 2.89. The van der Waals surface area contributed by atoms with E-state index in [1.54, 1.807) is 60.7 Å². The number of nitrogens with one attached hydrogen (secondary N) is 2. The molecule has 0 saturated heterocycles. The van der Waals surface area contributed by atoms with Crippen molar-refractivity contribution in [2.45, 2.75) is 25.3 Å². The molecule has 0 aliphatic heterocycles. The van der Waals surface area contributed by atoms with E-state index in [9.17, 15) is 18.0 Å². The summed E-state index contributed by atoms with van der Waals surface area (Å²) in [6, 6.07) is 19.8. The summed E-state index contributed by atoms with van der Waals surface area (Å²) >= 11 is 5.94. The van der Waals surface area contributed by atoms with Gasteiger partial charge in [0.1, 0.15) is 0 Å². The Bertz CT molecular complexity index is 1230. The van der Waals surface area contributed by atoms with Crippen LogP contribution in [0.2, 0.25) is 5.02 Å². The van der Waals surface area contributed by atoms with Crippen LogP contribution in [-0.4, -0.2) is 31.1 Å². The van der Waals surface area contributed by atoms with Crippen molar-refractivity contribution in [2.24, 2.45) is 0 Å². The lowest BCUT2D eigenvalue weighted by Gasteiger charge is -2.22. The van der Waals surface area contributed by atoms with Gasteiger partial charge in [-0.25, -0.2) is 8.42 Å². The summed E-state index contributed by atoms with van der Waals surface area (Å²) in [4.78, 5) is 24.0. The Labute approximate surface area is 198 Å². The monoisotopic (exact) mass is 485 g/mol. The highest BCUT2D eigenvalue weighted by Gasteiger charge is 2.27. The number of nitrogens with zero attached hydrogens (tertiary/aromatic N) is 1. The second-order valence-electron chi connectivity index (χ2n) is 7.52. The van der Waals surface area contributed by atoms with Crippen molar-refractivity contribution in [2.75, 3.05) is 17.2 Å². The SMILES string of the molecule is CC(=O)Nc1ccc(NC(=O)CN(Cc2ccc(Cl)cc2)S(=O)(=O)c2ccc(C)cc2)cc1. The number of amides is 2. The zero-order chi connectivity index (χ0) is 24.0. The smallest absolute Gasteiger partial charge is 0.243 e. The fourth-order valence-corrected chi connectivity index (χ4v) is 4.59. The molecule has 33 heavy (non-hydrogen) atoms. The number of carbonyl (C=O) groups is 2. The summed E-state index contributed by atoms with van der Waals surface area (Å²) in [5.41, 5.74) is 2.70. The maximum absolute atomic E-state index is 13.3. The molecule has 3 aromatic rings. The van der Waals surface area contributed by atoms with E-state index in [0.717, 1.165) is 9.87 Å². The van der Waals surface area contributed by atoms with Crippen molar-refractivity contribution < 1.29 is 18.0 Å². The average molecular weight is 486 g/mol. The van der Waals surface area contributed by atoms with Gasteiger partial charge in [0.2, 0.25) is 21.8 Å². The Balaban J connectivity index is 1.81. The van der Waals surface area contributed by atoms with Crippen LogP contribution < -0.4 is 10.6 Å². The van der Waals surface area contributed by atoms with E-state index in [1.165, 1.54) is 19.1 Å². The molecule has 0 radical (unpaired) electrons. The van der Waals surface area contributed by atoms with Crippen molar-refractivity contribution >= 4 is 44.8 Å².